The number of azo groups is 1. The highest BCUT2D eigenvalue weighted by atomic mass is 19.3. The van der Waals surface area contributed by atoms with Crippen LogP contribution in [-0.2, 0) is 9.53 Å². The summed E-state index contributed by atoms with van der Waals surface area (Å²) in [5.41, 5.74) is -3.10. The first-order valence-corrected chi connectivity index (χ1v) is 4.27. The Kier molecular flexibility index (Phi) is 1.55. The van der Waals surface area contributed by atoms with E-state index in [0.717, 1.165) is 0 Å². The number of cyclic esters (lactones) is 1. The Hall–Kier alpha value is -1.07. The molecule has 1 fully saturated rings. The summed E-state index contributed by atoms with van der Waals surface area (Å²) in [5, 5.41) is 6.75. The van der Waals surface area contributed by atoms with E-state index in [-0.39, 0.29) is 6.61 Å². The molecule has 2 heterocycles. The van der Waals surface area contributed by atoms with Gasteiger partial charge in [0.15, 0.2) is 0 Å². The van der Waals surface area contributed by atoms with Crippen molar-refractivity contribution < 1.29 is 18.3 Å². The standard InChI is InChI=1S/C8H10F2N2O2/c1-6(2)4-14-5(13)8(6)7(9,10)3-11-12-8/h3-4H2,1-2H3. The normalized spacial score (nSPS) is 37.9. The van der Waals surface area contributed by atoms with E-state index in [4.69, 9.17) is 0 Å². The molecule has 0 aliphatic carbocycles. The van der Waals surface area contributed by atoms with E-state index in [2.05, 4.69) is 15.0 Å². The molecule has 4 nitrogen and oxygen atoms in total. The monoisotopic (exact) mass is 204 g/mol. The minimum atomic E-state index is -3.23. The van der Waals surface area contributed by atoms with Crippen LogP contribution in [0.5, 0.6) is 0 Å². The van der Waals surface area contributed by atoms with E-state index in [1.165, 1.54) is 13.8 Å². The van der Waals surface area contributed by atoms with Crippen molar-refractivity contribution in [1.82, 2.24) is 0 Å². The lowest BCUT2D eigenvalue weighted by Gasteiger charge is -2.33. The third-order valence-corrected chi connectivity index (χ3v) is 2.86. The fourth-order valence-corrected chi connectivity index (χ4v) is 1.97. The number of rotatable bonds is 0. The van der Waals surface area contributed by atoms with Gasteiger partial charge in [-0.05, 0) is 0 Å². The molecule has 1 atom stereocenters. The molecule has 1 spiro atoms. The number of halogens is 2. The molecule has 0 aromatic rings. The summed E-state index contributed by atoms with van der Waals surface area (Å²) in [5.74, 6) is -4.20. The molecule has 0 radical (unpaired) electrons. The van der Waals surface area contributed by atoms with Gasteiger partial charge in [-0.2, -0.15) is 10.2 Å². The van der Waals surface area contributed by atoms with Gasteiger partial charge < -0.3 is 4.74 Å². The number of alkyl halides is 2. The number of carbonyl (C=O) groups is 1. The van der Waals surface area contributed by atoms with Crippen LogP contribution in [0.3, 0.4) is 0 Å². The van der Waals surface area contributed by atoms with Crippen molar-refractivity contribution in [2.24, 2.45) is 15.6 Å². The van der Waals surface area contributed by atoms with Gasteiger partial charge in [0.1, 0.15) is 6.54 Å². The number of ether oxygens (including phenoxy) is 1. The second kappa shape index (κ2) is 2.29. The summed E-state index contributed by atoms with van der Waals surface area (Å²) in [6, 6.07) is 0. The molecule has 78 valence electrons. The first kappa shape index (κ1) is 9.48. The molecule has 0 amide bonds. The van der Waals surface area contributed by atoms with Gasteiger partial charge in [0.05, 0.1) is 6.61 Å². The van der Waals surface area contributed by atoms with Crippen molar-refractivity contribution in [3.05, 3.63) is 0 Å². The van der Waals surface area contributed by atoms with Gasteiger partial charge in [0.25, 0.3) is 5.54 Å². The lowest BCUT2D eigenvalue weighted by atomic mass is 9.71. The molecule has 14 heavy (non-hydrogen) atoms. The van der Waals surface area contributed by atoms with Crippen molar-refractivity contribution in [1.29, 1.82) is 0 Å². The minimum Gasteiger partial charge on any atom is -0.463 e. The molecule has 6 heteroatoms. The van der Waals surface area contributed by atoms with Crippen LogP contribution >= 0.6 is 0 Å². The van der Waals surface area contributed by atoms with E-state index in [9.17, 15) is 13.6 Å². The molecule has 1 unspecified atom stereocenters. The van der Waals surface area contributed by atoms with Gasteiger partial charge in [-0.25, -0.2) is 13.6 Å². The molecule has 1 saturated heterocycles. The number of esters is 1. The zero-order chi connectivity index (χ0) is 10.6. The maximum absolute atomic E-state index is 13.6. The van der Waals surface area contributed by atoms with Crippen LogP contribution in [0, 0.1) is 5.41 Å². The van der Waals surface area contributed by atoms with Crippen LogP contribution in [0.1, 0.15) is 13.8 Å². The molecule has 0 saturated carbocycles. The van der Waals surface area contributed by atoms with Crippen LogP contribution in [-0.4, -0.2) is 30.6 Å². The molecule has 0 aromatic heterocycles. The van der Waals surface area contributed by atoms with Crippen molar-refractivity contribution >= 4 is 5.97 Å². The third-order valence-electron chi connectivity index (χ3n) is 2.86. The Bertz CT molecular complexity index is 327. The van der Waals surface area contributed by atoms with Gasteiger partial charge in [-0.3, -0.25) is 0 Å². The Labute approximate surface area is 79.3 Å². The van der Waals surface area contributed by atoms with Crippen molar-refractivity contribution in [2.75, 3.05) is 13.2 Å². The molecule has 2 aliphatic rings. The summed E-state index contributed by atoms with van der Waals surface area (Å²) in [6.45, 7) is 2.30. The van der Waals surface area contributed by atoms with Crippen molar-refractivity contribution in [3.8, 4) is 0 Å². The minimum absolute atomic E-state index is 0.0412. The second-order valence-corrected chi connectivity index (χ2v) is 4.27. The zero-order valence-corrected chi connectivity index (χ0v) is 7.88. The third kappa shape index (κ3) is 0.790. The van der Waals surface area contributed by atoms with E-state index < -0.39 is 29.4 Å². The summed E-state index contributed by atoms with van der Waals surface area (Å²) in [6.07, 6.45) is 0. The molecule has 2 rings (SSSR count). The number of carbonyl (C=O) groups excluding carboxylic acids is 1. The lowest BCUT2D eigenvalue weighted by molar-refractivity contribution is -0.154. The van der Waals surface area contributed by atoms with Crippen LogP contribution in [0.25, 0.3) is 0 Å². The van der Waals surface area contributed by atoms with Crippen molar-refractivity contribution in [2.45, 2.75) is 25.3 Å². The first-order valence-electron chi connectivity index (χ1n) is 4.27. The number of nitrogens with zero attached hydrogens (tertiary/aromatic N) is 2. The average molecular weight is 204 g/mol. The molecule has 0 aromatic carbocycles. The average Bonchev–Trinajstić information content (AvgIpc) is 2.47. The summed E-state index contributed by atoms with van der Waals surface area (Å²) in [4.78, 5) is 11.4. The maximum atomic E-state index is 13.6. The molecular formula is C8H10F2N2O2. The molecule has 2 aliphatic heterocycles. The molecular weight excluding hydrogens is 194 g/mol. The van der Waals surface area contributed by atoms with Gasteiger partial charge in [0.2, 0.25) is 0 Å². The Morgan fingerprint density at radius 2 is 2.07 bits per heavy atom. The van der Waals surface area contributed by atoms with E-state index in [1.807, 2.05) is 0 Å². The molecule has 0 bridgehead atoms. The fraction of sp³-hybridized carbons (Fsp3) is 0.875. The predicted octanol–water partition coefficient (Wildman–Crippen LogP) is 1.41. The summed E-state index contributed by atoms with van der Waals surface area (Å²) >= 11 is 0. The Morgan fingerprint density at radius 3 is 2.43 bits per heavy atom. The van der Waals surface area contributed by atoms with Crippen LogP contribution in [0.15, 0.2) is 10.2 Å². The lowest BCUT2D eigenvalue weighted by Crippen LogP contribution is -2.57. The van der Waals surface area contributed by atoms with Gasteiger partial charge >= 0.3 is 11.9 Å². The molecule has 0 N–H and O–H groups in total. The van der Waals surface area contributed by atoms with Gasteiger partial charge in [0, 0.05) is 5.41 Å². The summed E-state index contributed by atoms with van der Waals surface area (Å²) in [7, 11) is 0. The van der Waals surface area contributed by atoms with Crippen LogP contribution < -0.4 is 0 Å². The Balaban J connectivity index is 2.57. The largest absolute Gasteiger partial charge is 0.463 e. The highest BCUT2D eigenvalue weighted by Crippen LogP contribution is 2.53. The topological polar surface area (TPSA) is 51.0 Å². The van der Waals surface area contributed by atoms with Crippen molar-refractivity contribution in [3.63, 3.8) is 0 Å². The summed E-state index contributed by atoms with van der Waals surface area (Å²) < 4.78 is 31.8. The predicted molar refractivity (Wildman–Crippen MR) is 42.1 cm³/mol. The fourth-order valence-electron chi connectivity index (χ4n) is 1.97. The van der Waals surface area contributed by atoms with Gasteiger partial charge in [-0.1, -0.05) is 13.8 Å². The van der Waals surface area contributed by atoms with Crippen LogP contribution in [0.2, 0.25) is 0 Å². The van der Waals surface area contributed by atoms with Gasteiger partial charge in [-0.15, -0.1) is 0 Å². The number of hydrogen-bond acceptors (Lipinski definition) is 4. The highest BCUT2D eigenvalue weighted by molar-refractivity contribution is 5.86. The second-order valence-electron chi connectivity index (χ2n) is 4.27. The van der Waals surface area contributed by atoms with E-state index >= 15 is 0 Å². The Morgan fingerprint density at radius 1 is 1.43 bits per heavy atom. The number of hydrogen-bond donors (Lipinski definition) is 0. The van der Waals surface area contributed by atoms with E-state index in [0.29, 0.717) is 0 Å². The highest BCUT2D eigenvalue weighted by Gasteiger charge is 2.74. The first-order chi connectivity index (χ1) is 6.33. The SMILES string of the molecule is CC1(C)COC(=O)C12N=NCC2(F)F. The smallest absolute Gasteiger partial charge is 0.343 e. The van der Waals surface area contributed by atoms with E-state index in [1.54, 1.807) is 0 Å². The quantitative estimate of drug-likeness (QED) is 0.560. The van der Waals surface area contributed by atoms with Crippen LogP contribution in [0.4, 0.5) is 8.78 Å². The maximum Gasteiger partial charge on any atom is 0.343 e. The zero-order valence-electron chi connectivity index (χ0n) is 7.88.